The second-order valence-electron chi connectivity index (χ2n) is 3.43. The number of halogens is 1. The smallest absolute Gasteiger partial charge is 0.185 e. The third-order valence-electron chi connectivity index (χ3n) is 2.02. The zero-order valence-corrected chi connectivity index (χ0v) is 10.7. The maximum absolute atomic E-state index is 10.7. The number of carbonyl (C=O) groups is 1. The number of pyridine rings is 1. The fourth-order valence-corrected chi connectivity index (χ4v) is 1.86. The summed E-state index contributed by atoms with van der Waals surface area (Å²) in [4.78, 5) is 14.6. The van der Waals surface area contributed by atoms with E-state index in [0.717, 1.165) is 11.8 Å². The normalized spacial score (nSPS) is 14.4. The van der Waals surface area contributed by atoms with Crippen molar-refractivity contribution in [3.05, 3.63) is 23.0 Å². The molecule has 0 spiro atoms. The van der Waals surface area contributed by atoms with Crippen LogP contribution >= 0.6 is 23.4 Å². The minimum Gasteiger partial charge on any atom is -0.396 e. The van der Waals surface area contributed by atoms with Crippen LogP contribution in [0.3, 0.4) is 0 Å². The average molecular weight is 277 g/mol. The third-order valence-corrected chi connectivity index (χ3v) is 3.24. The van der Waals surface area contributed by atoms with Gasteiger partial charge >= 0.3 is 0 Å². The van der Waals surface area contributed by atoms with E-state index < -0.39 is 12.2 Å². The number of aliphatic hydroxyl groups excluding tert-OH is 2. The molecular weight excluding hydrogens is 264 g/mol. The second-order valence-corrected chi connectivity index (χ2v) is 4.99. The zero-order chi connectivity index (χ0) is 13.0. The molecule has 0 saturated heterocycles. The van der Waals surface area contributed by atoms with Crippen LogP contribution in [0.4, 0.5) is 5.69 Å². The largest absolute Gasteiger partial charge is 0.396 e. The Morgan fingerprint density at radius 3 is 2.76 bits per heavy atom. The summed E-state index contributed by atoms with van der Waals surface area (Å²) in [5, 5.41) is 19.4. The molecule has 1 aromatic rings. The van der Waals surface area contributed by atoms with Crippen molar-refractivity contribution < 1.29 is 15.0 Å². The summed E-state index contributed by atoms with van der Waals surface area (Å²) in [6, 6.07) is 2.98. The molecule has 0 amide bonds. The average Bonchev–Trinajstić information content (AvgIpc) is 2.28. The van der Waals surface area contributed by atoms with Crippen LogP contribution in [-0.4, -0.2) is 32.2 Å². The Hall–Kier alpha value is -0.820. The molecule has 0 aromatic carbocycles. The minimum absolute atomic E-state index is 0.0768. The van der Waals surface area contributed by atoms with Crippen LogP contribution in [0.2, 0.25) is 5.15 Å². The highest BCUT2D eigenvalue weighted by Crippen LogP contribution is 2.23. The molecule has 94 valence electrons. The molecule has 0 aliphatic rings. The summed E-state index contributed by atoms with van der Waals surface area (Å²) in [5.41, 5.74) is 6.00. The van der Waals surface area contributed by atoms with E-state index in [2.05, 4.69) is 4.98 Å². The Morgan fingerprint density at radius 1 is 1.59 bits per heavy atom. The van der Waals surface area contributed by atoms with Crippen LogP contribution in [0.15, 0.2) is 12.1 Å². The predicted octanol–water partition coefficient (Wildman–Crippen LogP) is 0.991. The van der Waals surface area contributed by atoms with Gasteiger partial charge in [0.1, 0.15) is 6.10 Å². The first-order chi connectivity index (χ1) is 7.91. The highest BCUT2D eigenvalue weighted by atomic mass is 35.5. The molecule has 0 bridgehead atoms. The first kappa shape index (κ1) is 14.2. The lowest BCUT2D eigenvalue weighted by atomic mass is 10.1. The van der Waals surface area contributed by atoms with Crippen LogP contribution in [0.5, 0.6) is 0 Å². The fourth-order valence-electron chi connectivity index (χ4n) is 1.11. The van der Waals surface area contributed by atoms with Crippen LogP contribution in [-0.2, 0) is 4.79 Å². The van der Waals surface area contributed by atoms with E-state index in [1.165, 1.54) is 19.1 Å². The molecule has 0 aliphatic heterocycles. The molecule has 1 rings (SSSR count). The predicted molar refractivity (Wildman–Crippen MR) is 67.8 cm³/mol. The van der Waals surface area contributed by atoms with Crippen molar-refractivity contribution in [3.63, 3.8) is 0 Å². The van der Waals surface area contributed by atoms with E-state index >= 15 is 0 Å². The Bertz CT molecular complexity index is 417. The fraction of sp³-hybridized carbons (Fsp3) is 0.400. The molecule has 2 unspecified atom stereocenters. The molecule has 0 saturated carbocycles. The van der Waals surface area contributed by atoms with Crippen molar-refractivity contribution in [2.45, 2.75) is 19.1 Å². The summed E-state index contributed by atoms with van der Waals surface area (Å²) in [5.74, 6) is 0.0974. The number of nitrogens with two attached hydrogens (primary N) is 1. The molecule has 7 heteroatoms. The van der Waals surface area contributed by atoms with Gasteiger partial charge in [-0.3, -0.25) is 4.79 Å². The highest BCUT2D eigenvalue weighted by molar-refractivity contribution is 8.13. The number of carbonyl (C=O) groups excluding carboxylic acids is 1. The molecule has 1 heterocycles. The number of rotatable bonds is 4. The van der Waals surface area contributed by atoms with Crippen molar-refractivity contribution in [1.82, 2.24) is 4.98 Å². The number of nitrogens with zero attached hydrogens (tertiary/aromatic N) is 1. The van der Waals surface area contributed by atoms with Gasteiger partial charge in [-0.15, -0.1) is 0 Å². The molecular formula is C10H13ClN2O3S. The van der Waals surface area contributed by atoms with Gasteiger partial charge in [-0.25, -0.2) is 4.98 Å². The van der Waals surface area contributed by atoms with E-state index in [9.17, 15) is 15.0 Å². The number of hydrogen-bond donors (Lipinski definition) is 3. The number of nitrogen functional groups attached to an aromatic ring is 1. The Morgan fingerprint density at radius 2 is 2.24 bits per heavy atom. The van der Waals surface area contributed by atoms with Crippen molar-refractivity contribution >= 4 is 34.2 Å². The maximum Gasteiger partial charge on any atom is 0.185 e. The van der Waals surface area contributed by atoms with E-state index in [0.29, 0.717) is 5.69 Å². The summed E-state index contributed by atoms with van der Waals surface area (Å²) in [6.07, 6.45) is -2.28. The first-order valence-corrected chi connectivity index (χ1v) is 6.19. The molecule has 2 atom stereocenters. The lowest BCUT2D eigenvalue weighted by Gasteiger charge is -2.16. The number of thioether (sulfide) groups is 1. The van der Waals surface area contributed by atoms with Gasteiger partial charge in [-0.2, -0.15) is 0 Å². The van der Waals surface area contributed by atoms with Crippen LogP contribution < -0.4 is 5.73 Å². The van der Waals surface area contributed by atoms with Gasteiger partial charge in [0.25, 0.3) is 0 Å². The Kier molecular flexibility index (Phi) is 5.20. The lowest BCUT2D eigenvalue weighted by Crippen LogP contribution is -2.22. The van der Waals surface area contributed by atoms with Crippen molar-refractivity contribution in [2.24, 2.45) is 0 Å². The second kappa shape index (κ2) is 6.20. The summed E-state index contributed by atoms with van der Waals surface area (Å²) < 4.78 is 0. The molecule has 0 aliphatic carbocycles. The maximum atomic E-state index is 10.7. The van der Waals surface area contributed by atoms with Crippen molar-refractivity contribution in [1.29, 1.82) is 0 Å². The molecule has 5 nitrogen and oxygen atoms in total. The third kappa shape index (κ3) is 4.16. The molecule has 0 fully saturated rings. The summed E-state index contributed by atoms with van der Waals surface area (Å²) in [6.45, 7) is 1.39. The monoisotopic (exact) mass is 276 g/mol. The SMILES string of the molecule is CC(=O)SCC(O)C(O)c1ccc(N)c(Cl)n1. The first-order valence-electron chi connectivity index (χ1n) is 4.83. The van der Waals surface area contributed by atoms with Crippen molar-refractivity contribution in [3.8, 4) is 0 Å². The number of aliphatic hydroxyl groups is 2. The van der Waals surface area contributed by atoms with Crippen LogP contribution in [0.25, 0.3) is 0 Å². The minimum atomic E-state index is -1.19. The van der Waals surface area contributed by atoms with Gasteiger partial charge in [0.15, 0.2) is 10.3 Å². The van der Waals surface area contributed by atoms with Gasteiger partial charge in [0.2, 0.25) is 0 Å². The molecule has 4 N–H and O–H groups in total. The van der Waals surface area contributed by atoms with Gasteiger partial charge in [0, 0.05) is 12.7 Å². The van der Waals surface area contributed by atoms with Crippen LogP contribution in [0, 0.1) is 0 Å². The standard InChI is InChI=1S/C10H13ClN2O3S/c1-5(14)17-4-8(15)9(16)7-3-2-6(12)10(11)13-7/h2-3,8-9,15-16H,4,12H2,1H3. The van der Waals surface area contributed by atoms with Gasteiger partial charge in [0.05, 0.1) is 17.5 Å². The Labute approximate surface area is 108 Å². The zero-order valence-electron chi connectivity index (χ0n) is 9.13. The summed E-state index contributed by atoms with van der Waals surface area (Å²) >= 11 is 6.64. The van der Waals surface area contributed by atoms with Gasteiger partial charge in [-0.1, -0.05) is 23.4 Å². The highest BCUT2D eigenvalue weighted by Gasteiger charge is 2.21. The summed E-state index contributed by atoms with van der Waals surface area (Å²) in [7, 11) is 0. The topological polar surface area (TPSA) is 96.4 Å². The number of aromatic nitrogens is 1. The quantitative estimate of drug-likeness (QED) is 0.710. The van der Waals surface area contributed by atoms with E-state index in [1.807, 2.05) is 0 Å². The number of hydrogen-bond acceptors (Lipinski definition) is 6. The van der Waals surface area contributed by atoms with Gasteiger partial charge in [-0.05, 0) is 12.1 Å². The molecule has 1 aromatic heterocycles. The Balaban J connectivity index is 2.70. The van der Waals surface area contributed by atoms with Crippen LogP contribution in [0.1, 0.15) is 18.7 Å². The van der Waals surface area contributed by atoms with E-state index in [4.69, 9.17) is 17.3 Å². The van der Waals surface area contributed by atoms with E-state index in [1.54, 1.807) is 0 Å². The lowest BCUT2D eigenvalue weighted by molar-refractivity contribution is -0.109. The molecule has 17 heavy (non-hydrogen) atoms. The number of anilines is 1. The van der Waals surface area contributed by atoms with E-state index in [-0.39, 0.29) is 21.7 Å². The molecule has 0 radical (unpaired) electrons. The van der Waals surface area contributed by atoms with Gasteiger partial charge < -0.3 is 15.9 Å². The van der Waals surface area contributed by atoms with Crippen molar-refractivity contribution in [2.75, 3.05) is 11.5 Å².